The average molecular weight is 397 g/mol. The number of pyridine rings is 1. The molecule has 0 amide bonds. The third-order valence-electron chi connectivity index (χ3n) is 3.87. The SMILES string of the molecule is COc1ccc(NC(=S)C(=C([O-])c2ccccc2Cl)[n+]2ccccc2)cc1. The van der Waals surface area contributed by atoms with Crippen LogP contribution in [0.15, 0.2) is 79.1 Å². The number of aromatic nitrogens is 1. The first-order valence-electron chi connectivity index (χ1n) is 8.18. The number of rotatable bonds is 5. The Hall–Kier alpha value is -2.89. The number of nitrogens with one attached hydrogen (secondary N) is 1. The maximum atomic E-state index is 13.2. The van der Waals surface area contributed by atoms with Crippen molar-refractivity contribution in [2.75, 3.05) is 12.4 Å². The van der Waals surface area contributed by atoms with Crippen LogP contribution in [0.4, 0.5) is 5.69 Å². The Morgan fingerprint density at radius 3 is 2.30 bits per heavy atom. The fourth-order valence-electron chi connectivity index (χ4n) is 2.52. The summed E-state index contributed by atoms with van der Waals surface area (Å²) >= 11 is 11.8. The summed E-state index contributed by atoms with van der Waals surface area (Å²) < 4.78 is 6.85. The monoisotopic (exact) mass is 396 g/mol. The maximum absolute atomic E-state index is 13.2. The average Bonchev–Trinajstić information content (AvgIpc) is 2.70. The molecule has 2 aromatic carbocycles. The Kier molecular flexibility index (Phi) is 6.06. The second-order valence-corrected chi connectivity index (χ2v) is 6.44. The first kappa shape index (κ1) is 18.9. The summed E-state index contributed by atoms with van der Waals surface area (Å²) in [6, 6.07) is 19.7. The molecule has 0 saturated heterocycles. The number of benzene rings is 2. The molecule has 1 N–H and O–H groups in total. The van der Waals surface area contributed by atoms with E-state index in [1.807, 2.05) is 42.5 Å². The van der Waals surface area contributed by atoms with Crippen LogP contribution < -0.4 is 19.7 Å². The first-order valence-corrected chi connectivity index (χ1v) is 8.97. The van der Waals surface area contributed by atoms with E-state index in [0.29, 0.717) is 21.3 Å². The molecular formula is C21H17ClN2O2S. The molecule has 3 rings (SSSR count). The number of ether oxygens (including phenoxy) is 1. The van der Waals surface area contributed by atoms with E-state index in [1.165, 1.54) is 0 Å². The van der Waals surface area contributed by atoms with Crippen molar-refractivity contribution in [1.82, 2.24) is 0 Å². The highest BCUT2D eigenvalue weighted by molar-refractivity contribution is 7.81. The van der Waals surface area contributed by atoms with Gasteiger partial charge in [-0.15, -0.1) is 0 Å². The topological polar surface area (TPSA) is 48.2 Å². The smallest absolute Gasteiger partial charge is 0.238 e. The van der Waals surface area contributed by atoms with Crippen molar-refractivity contribution in [2.45, 2.75) is 0 Å². The molecule has 0 aliphatic rings. The van der Waals surface area contributed by atoms with Crippen molar-refractivity contribution in [3.05, 3.63) is 89.7 Å². The highest BCUT2D eigenvalue weighted by Gasteiger charge is 2.19. The fraction of sp³-hybridized carbons (Fsp3) is 0.0476. The van der Waals surface area contributed by atoms with Gasteiger partial charge in [-0.3, -0.25) is 0 Å². The minimum atomic E-state index is -0.261. The van der Waals surface area contributed by atoms with Gasteiger partial charge in [0.05, 0.1) is 7.11 Å². The third-order valence-corrected chi connectivity index (χ3v) is 4.50. The summed E-state index contributed by atoms with van der Waals surface area (Å²) in [4.78, 5) is 0.293. The summed E-state index contributed by atoms with van der Waals surface area (Å²) in [6.07, 6.45) is 3.54. The third kappa shape index (κ3) is 4.45. The van der Waals surface area contributed by atoms with E-state index in [2.05, 4.69) is 5.32 Å². The molecule has 6 heteroatoms. The molecule has 0 radical (unpaired) electrons. The van der Waals surface area contributed by atoms with Gasteiger partial charge < -0.3 is 15.2 Å². The van der Waals surface area contributed by atoms with Crippen molar-refractivity contribution >= 4 is 46.0 Å². The van der Waals surface area contributed by atoms with Gasteiger partial charge in [0.1, 0.15) is 5.75 Å². The molecule has 4 nitrogen and oxygen atoms in total. The molecular weight excluding hydrogens is 380 g/mol. The van der Waals surface area contributed by atoms with Crippen molar-refractivity contribution in [1.29, 1.82) is 0 Å². The lowest BCUT2D eigenvalue weighted by Crippen LogP contribution is -2.39. The molecule has 3 aromatic rings. The van der Waals surface area contributed by atoms with Crippen LogP contribution in [-0.2, 0) is 0 Å². The van der Waals surface area contributed by atoms with Gasteiger partial charge in [-0.2, -0.15) is 4.57 Å². The molecule has 0 aliphatic carbocycles. The highest BCUT2D eigenvalue weighted by Crippen LogP contribution is 2.24. The number of thiocarbonyl (C=S) groups is 1. The van der Waals surface area contributed by atoms with E-state index >= 15 is 0 Å². The van der Waals surface area contributed by atoms with Gasteiger partial charge >= 0.3 is 0 Å². The maximum Gasteiger partial charge on any atom is 0.238 e. The number of halogens is 1. The van der Waals surface area contributed by atoms with Crippen LogP contribution in [0.5, 0.6) is 5.75 Å². The number of hydrogen-bond acceptors (Lipinski definition) is 3. The quantitative estimate of drug-likeness (QED) is 0.309. The molecule has 136 valence electrons. The number of nitrogens with zero attached hydrogens (tertiary/aromatic N) is 1. The lowest BCUT2D eigenvalue weighted by molar-refractivity contribution is -0.577. The summed E-state index contributed by atoms with van der Waals surface area (Å²) in [6.45, 7) is 0. The van der Waals surface area contributed by atoms with Crippen LogP contribution >= 0.6 is 23.8 Å². The zero-order valence-corrected chi connectivity index (χ0v) is 16.1. The minimum Gasteiger partial charge on any atom is -0.867 e. The Balaban J connectivity index is 2.03. The van der Waals surface area contributed by atoms with Crippen molar-refractivity contribution < 1.29 is 14.4 Å². The highest BCUT2D eigenvalue weighted by atomic mass is 35.5. The molecule has 0 fully saturated rings. The van der Waals surface area contributed by atoms with Crippen LogP contribution in [-0.4, -0.2) is 12.1 Å². The van der Waals surface area contributed by atoms with Crippen LogP contribution in [0.3, 0.4) is 0 Å². The summed E-state index contributed by atoms with van der Waals surface area (Å²) in [7, 11) is 1.60. The lowest BCUT2D eigenvalue weighted by atomic mass is 10.1. The van der Waals surface area contributed by atoms with Crippen LogP contribution in [0.2, 0.25) is 5.02 Å². The van der Waals surface area contributed by atoms with E-state index in [0.717, 1.165) is 11.4 Å². The van der Waals surface area contributed by atoms with E-state index < -0.39 is 0 Å². The molecule has 0 aliphatic heterocycles. The second kappa shape index (κ2) is 8.66. The van der Waals surface area contributed by atoms with Gasteiger partial charge in [0, 0.05) is 22.8 Å². The van der Waals surface area contributed by atoms with Gasteiger partial charge in [-0.05, 0) is 41.7 Å². The number of methoxy groups -OCH3 is 1. The van der Waals surface area contributed by atoms with Gasteiger partial charge in [-0.25, -0.2) is 0 Å². The molecule has 0 atom stereocenters. The fourth-order valence-corrected chi connectivity index (χ4v) is 3.06. The molecule has 0 unspecified atom stereocenters. The summed E-state index contributed by atoms with van der Waals surface area (Å²) in [5.74, 6) is 0.475. The lowest BCUT2D eigenvalue weighted by Gasteiger charge is -2.18. The molecule has 1 heterocycles. The molecule has 27 heavy (non-hydrogen) atoms. The van der Waals surface area contributed by atoms with Gasteiger partial charge in [0.15, 0.2) is 17.4 Å². The molecule has 0 spiro atoms. The van der Waals surface area contributed by atoms with E-state index in [9.17, 15) is 5.11 Å². The summed E-state index contributed by atoms with van der Waals surface area (Å²) in [5, 5.41) is 16.7. The predicted octanol–water partition coefficient (Wildman–Crippen LogP) is 3.76. The standard InChI is InChI=1S/C21H17ClN2O2S/c1-26-16-11-9-15(10-12-16)23-21(27)19(24-13-5-2-6-14-24)20(25)17-7-3-4-8-18(17)22/h2-14H,1H3,(H-,23,25,27). The second-order valence-electron chi connectivity index (χ2n) is 5.62. The first-order chi connectivity index (χ1) is 13.1. The molecule has 0 bridgehead atoms. The van der Waals surface area contributed by atoms with E-state index in [1.54, 1.807) is 48.3 Å². The van der Waals surface area contributed by atoms with Gasteiger partial charge in [0.2, 0.25) is 5.70 Å². The van der Waals surface area contributed by atoms with Crippen molar-refractivity contribution in [3.63, 3.8) is 0 Å². The Labute approximate surface area is 168 Å². The normalized spacial score (nSPS) is 11.5. The van der Waals surface area contributed by atoms with Crippen molar-refractivity contribution in [3.8, 4) is 5.75 Å². The van der Waals surface area contributed by atoms with E-state index in [-0.39, 0.29) is 5.76 Å². The van der Waals surface area contributed by atoms with Gasteiger partial charge in [0.25, 0.3) is 0 Å². The summed E-state index contributed by atoms with van der Waals surface area (Å²) in [5.41, 5.74) is 1.46. The van der Waals surface area contributed by atoms with E-state index in [4.69, 9.17) is 28.6 Å². The zero-order chi connectivity index (χ0) is 19.2. The Morgan fingerprint density at radius 2 is 1.67 bits per heavy atom. The number of hydrogen-bond donors (Lipinski definition) is 1. The van der Waals surface area contributed by atoms with Gasteiger partial charge in [-0.1, -0.05) is 48.1 Å². The minimum absolute atomic E-state index is 0.261. The molecule has 0 saturated carbocycles. The Bertz CT molecular complexity index is 973. The Morgan fingerprint density at radius 1 is 1.00 bits per heavy atom. The van der Waals surface area contributed by atoms with Crippen LogP contribution in [0.1, 0.15) is 5.56 Å². The van der Waals surface area contributed by atoms with Crippen LogP contribution in [0, 0.1) is 0 Å². The number of anilines is 1. The largest absolute Gasteiger partial charge is 0.867 e. The van der Waals surface area contributed by atoms with Crippen LogP contribution in [0.25, 0.3) is 11.5 Å². The predicted molar refractivity (Wildman–Crippen MR) is 110 cm³/mol. The zero-order valence-electron chi connectivity index (χ0n) is 14.6. The molecule has 1 aromatic heterocycles. The van der Waals surface area contributed by atoms with Crippen molar-refractivity contribution in [2.24, 2.45) is 0 Å².